The third kappa shape index (κ3) is 2.51. The zero-order valence-corrected chi connectivity index (χ0v) is 12.4. The van der Waals surface area contributed by atoms with Gasteiger partial charge in [-0.2, -0.15) is 5.10 Å². The van der Waals surface area contributed by atoms with Crippen LogP contribution in [0.3, 0.4) is 0 Å². The summed E-state index contributed by atoms with van der Waals surface area (Å²) in [6.07, 6.45) is 0. The standard InChI is InChI=1S/C15H24N2/c1-9-10(2)12(4)15(13(5)11(9)3)14(6)16-17(7)8/h1-8H3/b16-14+. The van der Waals surface area contributed by atoms with Crippen LogP contribution < -0.4 is 0 Å². The van der Waals surface area contributed by atoms with E-state index in [1.807, 2.05) is 19.1 Å². The highest BCUT2D eigenvalue weighted by atomic mass is 15.4. The van der Waals surface area contributed by atoms with Crippen molar-refractivity contribution < 1.29 is 0 Å². The van der Waals surface area contributed by atoms with Crippen molar-refractivity contribution in [2.45, 2.75) is 41.5 Å². The maximum Gasteiger partial charge on any atom is 0.0652 e. The number of benzene rings is 1. The number of hydrogen-bond donors (Lipinski definition) is 0. The van der Waals surface area contributed by atoms with Crippen molar-refractivity contribution in [3.05, 3.63) is 33.4 Å². The Morgan fingerprint density at radius 1 is 0.765 bits per heavy atom. The van der Waals surface area contributed by atoms with Gasteiger partial charge >= 0.3 is 0 Å². The van der Waals surface area contributed by atoms with Crippen molar-refractivity contribution in [2.24, 2.45) is 5.10 Å². The predicted molar refractivity (Wildman–Crippen MR) is 76.0 cm³/mol. The summed E-state index contributed by atoms with van der Waals surface area (Å²) in [6.45, 7) is 13.1. The number of hydrazone groups is 1. The number of nitrogens with zero attached hydrogens (tertiary/aromatic N) is 2. The summed E-state index contributed by atoms with van der Waals surface area (Å²) in [7, 11) is 3.92. The van der Waals surface area contributed by atoms with E-state index in [0.717, 1.165) is 5.71 Å². The van der Waals surface area contributed by atoms with Crippen molar-refractivity contribution in [3.8, 4) is 0 Å². The average molecular weight is 232 g/mol. The molecule has 0 bridgehead atoms. The minimum Gasteiger partial charge on any atom is -0.303 e. The molecule has 0 heterocycles. The van der Waals surface area contributed by atoms with E-state index in [0.29, 0.717) is 0 Å². The average Bonchev–Trinajstić information content (AvgIpc) is 2.23. The Bertz CT molecular complexity index is 439. The van der Waals surface area contributed by atoms with E-state index in [9.17, 15) is 0 Å². The molecular formula is C15H24N2. The largest absolute Gasteiger partial charge is 0.303 e. The van der Waals surface area contributed by atoms with E-state index in [1.54, 1.807) is 0 Å². The second kappa shape index (κ2) is 4.91. The fourth-order valence-electron chi connectivity index (χ4n) is 2.39. The fraction of sp³-hybridized carbons (Fsp3) is 0.533. The molecule has 0 N–H and O–H groups in total. The summed E-state index contributed by atoms with van der Waals surface area (Å²) in [4.78, 5) is 0. The summed E-state index contributed by atoms with van der Waals surface area (Å²) >= 11 is 0. The van der Waals surface area contributed by atoms with Crippen molar-refractivity contribution >= 4 is 5.71 Å². The Balaban J connectivity index is 3.55. The molecule has 0 aliphatic carbocycles. The van der Waals surface area contributed by atoms with Crippen LogP contribution in [0.2, 0.25) is 0 Å². The summed E-state index contributed by atoms with van der Waals surface area (Å²) < 4.78 is 0. The highest BCUT2D eigenvalue weighted by Gasteiger charge is 2.14. The smallest absolute Gasteiger partial charge is 0.0652 e. The maximum absolute atomic E-state index is 4.53. The van der Waals surface area contributed by atoms with Crippen LogP contribution in [0.25, 0.3) is 0 Å². The lowest BCUT2D eigenvalue weighted by atomic mass is 9.88. The highest BCUT2D eigenvalue weighted by molar-refractivity contribution is 6.01. The van der Waals surface area contributed by atoms with Crippen molar-refractivity contribution in [1.82, 2.24) is 5.01 Å². The van der Waals surface area contributed by atoms with E-state index < -0.39 is 0 Å². The first-order chi connectivity index (χ1) is 7.77. The lowest BCUT2D eigenvalue weighted by Crippen LogP contribution is -2.12. The Morgan fingerprint density at radius 3 is 1.47 bits per heavy atom. The van der Waals surface area contributed by atoms with Gasteiger partial charge in [-0.3, -0.25) is 0 Å². The van der Waals surface area contributed by atoms with Crippen LogP contribution in [0.5, 0.6) is 0 Å². The summed E-state index contributed by atoms with van der Waals surface area (Å²) in [5.74, 6) is 0. The molecular weight excluding hydrogens is 208 g/mol. The van der Waals surface area contributed by atoms with Gasteiger partial charge in [0, 0.05) is 19.7 Å². The normalized spacial score (nSPS) is 11.9. The van der Waals surface area contributed by atoms with E-state index >= 15 is 0 Å². The van der Waals surface area contributed by atoms with Crippen molar-refractivity contribution in [2.75, 3.05) is 14.1 Å². The molecule has 0 saturated heterocycles. The third-order valence-electron chi connectivity index (χ3n) is 3.71. The Morgan fingerprint density at radius 2 is 1.12 bits per heavy atom. The van der Waals surface area contributed by atoms with Gasteiger partial charge in [0.15, 0.2) is 0 Å². The van der Waals surface area contributed by atoms with Gasteiger partial charge in [-0.05, 0) is 69.4 Å². The Labute approximate surface area is 105 Å². The highest BCUT2D eigenvalue weighted by Crippen LogP contribution is 2.26. The molecule has 17 heavy (non-hydrogen) atoms. The molecule has 94 valence electrons. The topological polar surface area (TPSA) is 15.6 Å². The first-order valence-corrected chi connectivity index (χ1v) is 6.07. The molecule has 0 fully saturated rings. The lowest BCUT2D eigenvalue weighted by molar-refractivity contribution is 0.437. The molecule has 1 aromatic rings. The molecule has 0 aliphatic heterocycles. The minimum absolute atomic E-state index is 1.09. The molecule has 0 saturated carbocycles. The van der Waals surface area contributed by atoms with E-state index in [1.165, 1.54) is 33.4 Å². The molecule has 0 aliphatic rings. The van der Waals surface area contributed by atoms with Gasteiger partial charge in [-0.1, -0.05) is 0 Å². The van der Waals surface area contributed by atoms with E-state index in [-0.39, 0.29) is 0 Å². The van der Waals surface area contributed by atoms with Gasteiger partial charge in [0.2, 0.25) is 0 Å². The fourth-order valence-corrected chi connectivity index (χ4v) is 2.39. The first-order valence-electron chi connectivity index (χ1n) is 6.07. The molecule has 0 radical (unpaired) electrons. The van der Waals surface area contributed by atoms with Gasteiger partial charge in [0.1, 0.15) is 0 Å². The SMILES string of the molecule is C/C(=N\N(C)C)c1c(C)c(C)c(C)c(C)c1C. The van der Waals surface area contributed by atoms with E-state index in [4.69, 9.17) is 0 Å². The predicted octanol–water partition coefficient (Wildman–Crippen LogP) is 3.51. The van der Waals surface area contributed by atoms with Crippen LogP contribution in [0, 0.1) is 34.6 Å². The zero-order valence-electron chi connectivity index (χ0n) is 12.4. The molecule has 2 nitrogen and oxygen atoms in total. The molecule has 2 heteroatoms. The molecule has 0 aromatic heterocycles. The molecule has 1 aromatic carbocycles. The van der Waals surface area contributed by atoms with Crippen LogP contribution >= 0.6 is 0 Å². The second-order valence-electron chi connectivity index (χ2n) is 5.03. The van der Waals surface area contributed by atoms with Gasteiger partial charge in [0.05, 0.1) is 5.71 Å². The van der Waals surface area contributed by atoms with Gasteiger partial charge in [-0.25, -0.2) is 0 Å². The number of hydrogen-bond acceptors (Lipinski definition) is 2. The zero-order chi connectivity index (χ0) is 13.3. The number of rotatable bonds is 2. The van der Waals surface area contributed by atoms with Crippen LogP contribution in [0.1, 0.15) is 40.3 Å². The minimum atomic E-state index is 1.09. The molecule has 0 unspecified atom stereocenters. The Hall–Kier alpha value is -1.31. The summed E-state index contributed by atoms with van der Waals surface area (Å²) in [6, 6.07) is 0. The van der Waals surface area contributed by atoms with Gasteiger partial charge in [0.25, 0.3) is 0 Å². The third-order valence-corrected chi connectivity index (χ3v) is 3.71. The maximum atomic E-state index is 4.53. The summed E-state index contributed by atoms with van der Waals surface area (Å²) in [5, 5.41) is 6.39. The Kier molecular flexibility index (Phi) is 3.97. The molecule has 0 spiro atoms. The van der Waals surface area contributed by atoms with Crippen LogP contribution in [-0.4, -0.2) is 24.8 Å². The molecule has 0 amide bonds. The van der Waals surface area contributed by atoms with Crippen LogP contribution in [0.4, 0.5) is 0 Å². The van der Waals surface area contributed by atoms with Gasteiger partial charge < -0.3 is 5.01 Å². The second-order valence-corrected chi connectivity index (χ2v) is 5.03. The van der Waals surface area contributed by atoms with Crippen molar-refractivity contribution in [3.63, 3.8) is 0 Å². The van der Waals surface area contributed by atoms with Crippen molar-refractivity contribution in [1.29, 1.82) is 0 Å². The molecule has 0 atom stereocenters. The van der Waals surface area contributed by atoms with Gasteiger partial charge in [-0.15, -0.1) is 0 Å². The quantitative estimate of drug-likeness (QED) is 0.563. The van der Waals surface area contributed by atoms with Crippen LogP contribution in [-0.2, 0) is 0 Å². The van der Waals surface area contributed by atoms with Crippen LogP contribution in [0.15, 0.2) is 5.10 Å². The first kappa shape index (κ1) is 13.8. The van der Waals surface area contributed by atoms with E-state index in [2.05, 4.69) is 46.6 Å². The monoisotopic (exact) mass is 232 g/mol. The lowest BCUT2D eigenvalue weighted by Gasteiger charge is -2.19. The molecule has 1 rings (SSSR count). The summed E-state index contributed by atoms with van der Waals surface area (Å²) in [5.41, 5.74) is 9.28.